The molecule has 1 aromatic heterocycles. The number of ether oxygens (including phenoxy) is 2. The third kappa shape index (κ3) is 8.19. The number of methoxy groups -OCH3 is 1. The van der Waals surface area contributed by atoms with Gasteiger partial charge in [-0.1, -0.05) is 11.6 Å². The molecule has 0 spiro atoms. The SMILES string of the molecule is COc1ccc(NC(N)=NCc2ccnc(OCCN(C)C)c2)cc1Cl.I. The third-order valence-corrected chi connectivity index (χ3v) is 3.74. The minimum atomic E-state index is 0. The molecule has 7 nitrogen and oxygen atoms in total. The second-order valence-electron chi connectivity index (χ2n) is 5.83. The van der Waals surface area contributed by atoms with E-state index in [1.165, 1.54) is 0 Å². The Kier molecular flexibility index (Phi) is 10.2. The van der Waals surface area contributed by atoms with Gasteiger partial charge in [0.15, 0.2) is 5.96 Å². The lowest BCUT2D eigenvalue weighted by atomic mass is 10.3. The summed E-state index contributed by atoms with van der Waals surface area (Å²) in [6, 6.07) is 9.04. The highest BCUT2D eigenvalue weighted by Gasteiger charge is 2.03. The monoisotopic (exact) mass is 505 g/mol. The summed E-state index contributed by atoms with van der Waals surface area (Å²) in [5, 5.41) is 3.50. The maximum Gasteiger partial charge on any atom is 0.213 e. The molecule has 0 saturated carbocycles. The summed E-state index contributed by atoms with van der Waals surface area (Å²) in [6.45, 7) is 1.81. The number of nitrogens with one attached hydrogen (secondary N) is 1. The molecule has 0 fully saturated rings. The summed E-state index contributed by atoms with van der Waals surface area (Å²) in [4.78, 5) is 10.6. The number of benzene rings is 1. The number of hydrogen-bond acceptors (Lipinski definition) is 5. The third-order valence-electron chi connectivity index (χ3n) is 3.44. The van der Waals surface area contributed by atoms with Crippen molar-refractivity contribution in [3.05, 3.63) is 47.1 Å². The number of hydrogen-bond donors (Lipinski definition) is 2. The first-order valence-corrected chi connectivity index (χ1v) is 8.48. The van der Waals surface area contributed by atoms with Crippen LogP contribution in [0.4, 0.5) is 5.69 Å². The maximum atomic E-state index is 6.09. The Morgan fingerprint density at radius 1 is 1.30 bits per heavy atom. The van der Waals surface area contributed by atoms with Crippen molar-refractivity contribution in [1.82, 2.24) is 9.88 Å². The fourth-order valence-corrected chi connectivity index (χ4v) is 2.33. The van der Waals surface area contributed by atoms with Gasteiger partial charge >= 0.3 is 0 Å². The van der Waals surface area contributed by atoms with Gasteiger partial charge in [-0.25, -0.2) is 9.98 Å². The quantitative estimate of drug-likeness (QED) is 0.326. The van der Waals surface area contributed by atoms with E-state index < -0.39 is 0 Å². The second-order valence-corrected chi connectivity index (χ2v) is 6.24. The van der Waals surface area contributed by atoms with Gasteiger partial charge in [0.1, 0.15) is 12.4 Å². The van der Waals surface area contributed by atoms with E-state index in [9.17, 15) is 0 Å². The van der Waals surface area contributed by atoms with Crippen LogP contribution < -0.4 is 20.5 Å². The summed E-state index contributed by atoms with van der Waals surface area (Å²) in [5.41, 5.74) is 7.63. The molecule has 0 unspecified atom stereocenters. The van der Waals surface area contributed by atoms with Gasteiger partial charge in [0.25, 0.3) is 0 Å². The van der Waals surface area contributed by atoms with Gasteiger partial charge in [-0.2, -0.15) is 0 Å². The zero-order chi connectivity index (χ0) is 18.9. The summed E-state index contributed by atoms with van der Waals surface area (Å²) >= 11 is 6.09. The Balaban J connectivity index is 0.00000364. The molecular formula is C18H25ClIN5O2. The van der Waals surface area contributed by atoms with E-state index in [0.29, 0.717) is 29.8 Å². The van der Waals surface area contributed by atoms with Crippen LogP contribution in [0, 0.1) is 0 Å². The molecule has 0 radical (unpaired) electrons. The number of guanidine groups is 1. The fourth-order valence-electron chi connectivity index (χ4n) is 2.07. The van der Waals surface area contributed by atoms with Crippen LogP contribution in [0.5, 0.6) is 11.6 Å². The summed E-state index contributed by atoms with van der Waals surface area (Å²) in [6.07, 6.45) is 1.70. The second kappa shape index (κ2) is 11.8. The molecule has 27 heavy (non-hydrogen) atoms. The number of rotatable bonds is 8. The zero-order valence-corrected chi connectivity index (χ0v) is 18.7. The summed E-state index contributed by atoms with van der Waals surface area (Å²) < 4.78 is 10.7. The Labute approximate surface area is 181 Å². The van der Waals surface area contributed by atoms with Crippen molar-refractivity contribution in [2.45, 2.75) is 6.54 Å². The van der Waals surface area contributed by atoms with Gasteiger partial charge in [0, 0.05) is 24.5 Å². The molecule has 9 heteroatoms. The van der Waals surface area contributed by atoms with Crippen molar-refractivity contribution in [2.24, 2.45) is 10.7 Å². The molecule has 2 aromatic rings. The van der Waals surface area contributed by atoms with E-state index in [1.54, 1.807) is 25.4 Å². The lowest BCUT2D eigenvalue weighted by Gasteiger charge is -2.11. The van der Waals surface area contributed by atoms with Gasteiger partial charge < -0.3 is 25.4 Å². The minimum Gasteiger partial charge on any atom is -0.495 e. The van der Waals surface area contributed by atoms with E-state index in [0.717, 1.165) is 17.8 Å². The molecule has 0 bridgehead atoms. The maximum absolute atomic E-state index is 6.09. The number of anilines is 1. The molecule has 0 saturated heterocycles. The molecule has 0 aliphatic rings. The Morgan fingerprint density at radius 3 is 2.74 bits per heavy atom. The fraction of sp³-hybridized carbons (Fsp3) is 0.333. The molecule has 148 valence electrons. The van der Waals surface area contributed by atoms with Crippen molar-refractivity contribution in [3.63, 3.8) is 0 Å². The first-order valence-electron chi connectivity index (χ1n) is 8.11. The number of aromatic nitrogens is 1. The van der Waals surface area contributed by atoms with E-state index in [4.69, 9.17) is 26.8 Å². The highest BCUT2D eigenvalue weighted by atomic mass is 127. The first kappa shape index (κ1) is 23.3. The topological polar surface area (TPSA) is 85.0 Å². The van der Waals surface area contributed by atoms with Crippen molar-refractivity contribution in [2.75, 3.05) is 39.7 Å². The van der Waals surface area contributed by atoms with Crippen LogP contribution in [0.1, 0.15) is 5.56 Å². The Morgan fingerprint density at radius 2 is 2.07 bits per heavy atom. The van der Waals surface area contributed by atoms with E-state index in [2.05, 4.69) is 15.3 Å². The van der Waals surface area contributed by atoms with E-state index in [1.807, 2.05) is 37.2 Å². The highest BCUT2D eigenvalue weighted by molar-refractivity contribution is 14.0. The van der Waals surface area contributed by atoms with Crippen LogP contribution in [0.2, 0.25) is 5.02 Å². The number of halogens is 2. The molecule has 0 atom stereocenters. The number of likely N-dealkylation sites (N-methyl/N-ethyl adjacent to an activating group) is 1. The Hall–Kier alpha value is -1.78. The van der Waals surface area contributed by atoms with Gasteiger partial charge in [-0.15, -0.1) is 24.0 Å². The van der Waals surface area contributed by atoms with Gasteiger partial charge in [0.05, 0.1) is 18.7 Å². The van der Waals surface area contributed by atoms with Crippen LogP contribution >= 0.6 is 35.6 Å². The van der Waals surface area contributed by atoms with Crippen molar-refractivity contribution < 1.29 is 9.47 Å². The minimum absolute atomic E-state index is 0. The van der Waals surface area contributed by atoms with Crippen LogP contribution in [-0.2, 0) is 6.54 Å². The van der Waals surface area contributed by atoms with Crippen LogP contribution in [0.3, 0.4) is 0 Å². The number of pyridine rings is 1. The number of aliphatic imine (C=N–C) groups is 1. The molecule has 0 aliphatic carbocycles. The molecule has 0 amide bonds. The van der Waals surface area contributed by atoms with Gasteiger partial charge in [0.2, 0.25) is 5.88 Å². The lowest BCUT2D eigenvalue weighted by Crippen LogP contribution is -2.22. The van der Waals surface area contributed by atoms with E-state index in [-0.39, 0.29) is 29.9 Å². The highest BCUT2D eigenvalue weighted by Crippen LogP contribution is 2.27. The lowest BCUT2D eigenvalue weighted by molar-refractivity contribution is 0.253. The normalized spacial score (nSPS) is 11.1. The summed E-state index contributed by atoms with van der Waals surface area (Å²) in [5.74, 6) is 1.47. The molecule has 1 aromatic carbocycles. The van der Waals surface area contributed by atoms with E-state index >= 15 is 0 Å². The average Bonchev–Trinajstić information content (AvgIpc) is 2.60. The standard InChI is InChI=1S/C18H24ClN5O2.HI/c1-24(2)8-9-26-17-10-13(6-7-21-17)12-22-18(20)23-14-4-5-16(25-3)15(19)11-14;/h4-7,10-11H,8-9,12H2,1-3H3,(H3,20,22,23);1H. The van der Waals surface area contributed by atoms with Gasteiger partial charge in [-0.05, 0) is 43.9 Å². The zero-order valence-electron chi connectivity index (χ0n) is 15.6. The molecule has 2 rings (SSSR count). The van der Waals surface area contributed by atoms with Crippen molar-refractivity contribution in [1.29, 1.82) is 0 Å². The predicted octanol–water partition coefficient (Wildman–Crippen LogP) is 3.23. The summed E-state index contributed by atoms with van der Waals surface area (Å²) in [7, 11) is 5.55. The molecule has 3 N–H and O–H groups in total. The van der Waals surface area contributed by atoms with Gasteiger partial charge in [-0.3, -0.25) is 0 Å². The van der Waals surface area contributed by atoms with Crippen molar-refractivity contribution in [3.8, 4) is 11.6 Å². The average molecular weight is 506 g/mol. The predicted molar refractivity (Wildman–Crippen MR) is 121 cm³/mol. The Bertz CT molecular complexity index is 758. The first-order chi connectivity index (χ1) is 12.5. The van der Waals surface area contributed by atoms with Crippen LogP contribution in [-0.4, -0.2) is 50.2 Å². The molecule has 1 heterocycles. The number of nitrogens with two attached hydrogens (primary N) is 1. The smallest absolute Gasteiger partial charge is 0.213 e. The molecular weight excluding hydrogens is 481 g/mol. The van der Waals surface area contributed by atoms with Crippen molar-refractivity contribution >= 4 is 47.2 Å². The van der Waals surface area contributed by atoms with Crippen LogP contribution in [0.25, 0.3) is 0 Å². The number of nitrogens with zero attached hydrogens (tertiary/aromatic N) is 3. The largest absolute Gasteiger partial charge is 0.495 e. The molecule has 0 aliphatic heterocycles. The van der Waals surface area contributed by atoms with Crippen LogP contribution in [0.15, 0.2) is 41.5 Å².